The maximum atomic E-state index is 5.89. The Morgan fingerprint density at radius 2 is 1.79 bits per heavy atom. The summed E-state index contributed by atoms with van der Waals surface area (Å²) in [5.41, 5.74) is 1.25. The van der Waals surface area contributed by atoms with Gasteiger partial charge >= 0.3 is 0 Å². The molecule has 0 aliphatic heterocycles. The van der Waals surface area contributed by atoms with E-state index in [-0.39, 0.29) is 31.4 Å². The Kier molecular flexibility index (Phi) is 14.0. The molecule has 0 N–H and O–H groups in total. The zero-order valence-corrected chi connectivity index (χ0v) is 18.0. The average Bonchev–Trinajstić information content (AvgIpc) is 2.43. The summed E-state index contributed by atoms with van der Waals surface area (Å²) in [6, 6.07) is 8.29. The number of aryl methyl sites for hydroxylation is 1. The molecule has 1 aromatic carbocycles. The topological polar surface area (TPSA) is 12.5 Å². The van der Waals surface area contributed by atoms with E-state index < -0.39 is 0 Å². The van der Waals surface area contributed by atoms with E-state index in [0.717, 1.165) is 29.3 Å². The number of quaternary nitrogens is 1. The zero-order valence-electron chi connectivity index (χ0n) is 15.8. The molecule has 0 fully saturated rings. The van der Waals surface area contributed by atoms with Gasteiger partial charge in [-0.2, -0.15) is 0 Å². The molecule has 1 aromatic rings. The Morgan fingerprint density at radius 1 is 1.12 bits per heavy atom. The number of rotatable bonds is 10. The van der Waals surface area contributed by atoms with Crippen molar-refractivity contribution in [3.05, 3.63) is 29.8 Å². The van der Waals surface area contributed by atoms with Gasteiger partial charge in [0.15, 0.2) is 0 Å². The Labute approximate surface area is 168 Å². The first kappa shape index (κ1) is 25.9. The minimum atomic E-state index is 0. The smallest absolute Gasteiger partial charge is 0.137 e. The highest BCUT2D eigenvalue weighted by atomic mass is 127. The fourth-order valence-electron chi connectivity index (χ4n) is 2.42. The van der Waals surface area contributed by atoms with Crippen LogP contribution in [0.5, 0.6) is 5.75 Å². The molecule has 0 aliphatic carbocycles. The number of ether oxygens (including phenoxy) is 1. The predicted molar refractivity (Wildman–Crippen MR) is 102 cm³/mol. The fraction of sp³-hybridized carbons (Fsp3) is 0.700. The summed E-state index contributed by atoms with van der Waals surface area (Å²) in [4.78, 5) is 2.27. The van der Waals surface area contributed by atoms with Crippen LogP contribution in [0.15, 0.2) is 24.3 Å². The Morgan fingerprint density at radius 3 is 2.38 bits per heavy atom. The molecule has 4 heteroatoms. The molecule has 1 atom stereocenters. The molecule has 0 saturated heterocycles. The third-order valence-electron chi connectivity index (χ3n) is 4.25. The molecule has 142 valence electrons. The number of hydrogen-bond acceptors (Lipinski definition) is 2. The van der Waals surface area contributed by atoms with Gasteiger partial charge in [0.25, 0.3) is 0 Å². The SMILES string of the molecule is C.Cc1cccc(OCC[N+](C)(C)CCC(C)CCN(C)C)c1.[I-]. The minimum Gasteiger partial charge on any atom is -1.00 e. The molecule has 0 radical (unpaired) electrons. The molecule has 0 bridgehead atoms. The van der Waals surface area contributed by atoms with Crippen LogP contribution in [-0.2, 0) is 0 Å². The van der Waals surface area contributed by atoms with Crippen LogP contribution in [0.1, 0.15) is 32.8 Å². The lowest BCUT2D eigenvalue weighted by Crippen LogP contribution is -3.00. The maximum absolute atomic E-state index is 5.89. The van der Waals surface area contributed by atoms with E-state index in [1.165, 1.54) is 31.5 Å². The lowest BCUT2D eigenvalue weighted by Gasteiger charge is -2.31. The standard InChI is InChI=1S/C19H35N2O.CH4.HI/c1-17(10-12-20(3)4)11-13-21(5,6)14-15-22-19-9-7-8-18(2)16-19;;/h7-9,16-17H,10-15H2,1-6H3;1H4;1H/q+1;;/p-1. The highest BCUT2D eigenvalue weighted by Crippen LogP contribution is 2.14. The predicted octanol–water partition coefficient (Wildman–Crippen LogP) is 1.07. The van der Waals surface area contributed by atoms with Crippen molar-refractivity contribution in [3.8, 4) is 5.75 Å². The first-order valence-electron chi connectivity index (χ1n) is 8.45. The Balaban J connectivity index is 0. The molecule has 0 saturated carbocycles. The lowest BCUT2D eigenvalue weighted by molar-refractivity contribution is -0.890. The molecule has 3 nitrogen and oxygen atoms in total. The molecule has 1 unspecified atom stereocenters. The van der Waals surface area contributed by atoms with Crippen molar-refractivity contribution in [3.63, 3.8) is 0 Å². The number of halogens is 1. The quantitative estimate of drug-likeness (QED) is 0.391. The van der Waals surface area contributed by atoms with Crippen molar-refractivity contribution in [1.29, 1.82) is 0 Å². The van der Waals surface area contributed by atoms with Crippen LogP contribution in [-0.4, -0.2) is 63.8 Å². The van der Waals surface area contributed by atoms with Crippen LogP contribution in [0.3, 0.4) is 0 Å². The van der Waals surface area contributed by atoms with Crippen LogP contribution in [0.25, 0.3) is 0 Å². The van der Waals surface area contributed by atoms with Gasteiger partial charge in [0.1, 0.15) is 18.9 Å². The molecule has 0 spiro atoms. The minimum absolute atomic E-state index is 0. The van der Waals surface area contributed by atoms with Crippen molar-refractivity contribution < 1.29 is 33.2 Å². The van der Waals surface area contributed by atoms with E-state index in [4.69, 9.17) is 4.74 Å². The Hall–Kier alpha value is -0.330. The van der Waals surface area contributed by atoms with Crippen molar-refractivity contribution >= 4 is 0 Å². The monoisotopic (exact) mass is 450 g/mol. The summed E-state index contributed by atoms with van der Waals surface area (Å²) in [5.74, 6) is 1.77. The normalized spacial score (nSPS) is 12.3. The van der Waals surface area contributed by atoms with Crippen LogP contribution >= 0.6 is 0 Å². The first-order chi connectivity index (χ1) is 10.3. The van der Waals surface area contributed by atoms with Crippen molar-refractivity contribution in [1.82, 2.24) is 4.90 Å². The molecule has 0 amide bonds. The summed E-state index contributed by atoms with van der Waals surface area (Å²) in [5, 5.41) is 0. The van der Waals surface area contributed by atoms with Crippen LogP contribution in [0.4, 0.5) is 0 Å². The molecule has 1 rings (SSSR count). The summed E-state index contributed by atoms with van der Waals surface area (Å²) < 4.78 is 6.91. The first-order valence-corrected chi connectivity index (χ1v) is 8.45. The third kappa shape index (κ3) is 12.1. The second-order valence-corrected chi connectivity index (χ2v) is 7.53. The van der Waals surface area contributed by atoms with Crippen LogP contribution in [0, 0.1) is 12.8 Å². The van der Waals surface area contributed by atoms with Crippen LogP contribution in [0.2, 0.25) is 0 Å². The maximum Gasteiger partial charge on any atom is 0.137 e. The van der Waals surface area contributed by atoms with E-state index in [2.05, 4.69) is 65.1 Å². The third-order valence-corrected chi connectivity index (χ3v) is 4.25. The van der Waals surface area contributed by atoms with Gasteiger partial charge in [0.2, 0.25) is 0 Å². The van der Waals surface area contributed by atoms with E-state index in [1.54, 1.807) is 0 Å². The number of likely N-dealkylation sites (N-methyl/N-ethyl adjacent to an activating group) is 1. The Bertz CT molecular complexity index is 435. The van der Waals surface area contributed by atoms with Gasteiger partial charge in [0, 0.05) is 0 Å². The van der Waals surface area contributed by atoms with E-state index in [0.29, 0.717) is 0 Å². The fourth-order valence-corrected chi connectivity index (χ4v) is 2.42. The summed E-state index contributed by atoms with van der Waals surface area (Å²) >= 11 is 0. The van der Waals surface area contributed by atoms with Gasteiger partial charge in [-0.05, 0) is 64.0 Å². The molecule has 0 heterocycles. The second kappa shape index (κ2) is 13.0. The van der Waals surface area contributed by atoms with Crippen molar-refractivity contribution in [2.75, 3.05) is 54.4 Å². The summed E-state index contributed by atoms with van der Waals surface area (Å²) in [6.45, 7) is 8.70. The van der Waals surface area contributed by atoms with Crippen molar-refractivity contribution in [2.45, 2.75) is 34.1 Å². The van der Waals surface area contributed by atoms with Gasteiger partial charge in [0.05, 0.1) is 20.6 Å². The van der Waals surface area contributed by atoms with Gasteiger partial charge < -0.3 is 38.1 Å². The molecular weight excluding hydrogens is 411 g/mol. The molecule has 0 aromatic heterocycles. The molecular formula is C20H39IN2O. The lowest BCUT2D eigenvalue weighted by atomic mass is 10.0. The number of hydrogen-bond donors (Lipinski definition) is 0. The van der Waals surface area contributed by atoms with E-state index >= 15 is 0 Å². The van der Waals surface area contributed by atoms with E-state index in [9.17, 15) is 0 Å². The molecule has 24 heavy (non-hydrogen) atoms. The van der Waals surface area contributed by atoms with Crippen LogP contribution < -0.4 is 28.7 Å². The second-order valence-electron chi connectivity index (χ2n) is 7.53. The van der Waals surface area contributed by atoms with Gasteiger partial charge in [-0.15, -0.1) is 0 Å². The largest absolute Gasteiger partial charge is 1.00 e. The number of nitrogens with zero attached hydrogens (tertiary/aromatic N) is 2. The number of benzene rings is 1. The summed E-state index contributed by atoms with van der Waals surface area (Å²) in [6.07, 6.45) is 2.57. The van der Waals surface area contributed by atoms with Gasteiger partial charge in [-0.1, -0.05) is 26.5 Å². The van der Waals surface area contributed by atoms with Gasteiger partial charge in [-0.3, -0.25) is 0 Å². The highest BCUT2D eigenvalue weighted by Gasteiger charge is 2.17. The van der Waals surface area contributed by atoms with E-state index in [1.807, 2.05) is 6.07 Å². The van der Waals surface area contributed by atoms with Gasteiger partial charge in [-0.25, -0.2) is 0 Å². The zero-order chi connectivity index (χ0) is 16.6. The molecule has 0 aliphatic rings. The highest BCUT2D eigenvalue weighted by molar-refractivity contribution is 5.27. The summed E-state index contributed by atoms with van der Waals surface area (Å²) in [7, 11) is 8.90. The van der Waals surface area contributed by atoms with Crippen molar-refractivity contribution in [2.24, 2.45) is 5.92 Å². The average molecular weight is 450 g/mol.